The highest BCUT2D eigenvalue weighted by Crippen LogP contribution is 2.23. The van der Waals surface area contributed by atoms with Crippen LogP contribution in [0.25, 0.3) is 11.3 Å². The lowest BCUT2D eigenvalue weighted by molar-refractivity contribution is -0.138. The van der Waals surface area contributed by atoms with Crippen molar-refractivity contribution in [2.24, 2.45) is 12.8 Å². The van der Waals surface area contributed by atoms with Crippen LogP contribution in [0, 0.1) is 5.82 Å². The van der Waals surface area contributed by atoms with E-state index < -0.39 is 12.0 Å². The van der Waals surface area contributed by atoms with Crippen molar-refractivity contribution in [1.29, 1.82) is 0 Å². The van der Waals surface area contributed by atoms with Gasteiger partial charge >= 0.3 is 5.97 Å². The highest BCUT2D eigenvalue weighted by molar-refractivity contribution is 5.74. The molecule has 100 valence electrons. The summed E-state index contributed by atoms with van der Waals surface area (Å²) in [5.74, 6) is -1.39. The topological polar surface area (TPSA) is 81.1 Å². The smallest absolute Gasteiger partial charge is 0.320 e. The molecule has 0 aliphatic carbocycles. The molecule has 0 amide bonds. The molecule has 2 aromatic rings. The first kappa shape index (κ1) is 13.2. The fourth-order valence-electron chi connectivity index (χ4n) is 1.86. The molecule has 5 nitrogen and oxygen atoms in total. The maximum Gasteiger partial charge on any atom is 0.320 e. The van der Waals surface area contributed by atoms with E-state index in [1.165, 1.54) is 12.1 Å². The highest BCUT2D eigenvalue weighted by Gasteiger charge is 2.17. The van der Waals surface area contributed by atoms with Gasteiger partial charge in [-0.05, 0) is 24.3 Å². The van der Waals surface area contributed by atoms with Crippen LogP contribution in [0.3, 0.4) is 0 Å². The molecule has 0 aliphatic rings. The molecule has 2 rings (SSSR count). The van der Waals surface area contributed by atoms with Crippen molar-refractivity contribution < 1.29 is 14.3 Å². The van der Waals surface area contributed by atoms with E-state index in [4.69, 9.17) is 10.8 Å². The Morgan fingerprint density at radius 3 is 2.68 bits per heavy atom. The summed E-state index contributed by atoms with van der Waals surface area (Å²) in [5, 5.41) is 13.1. The molecule has 1 atom stereocenters. The van der Waals surface area contributed by atoms with Crippen LogP contribution in [-0.4, -0.2) is 26.9 Å². The largest absolute Gasteiger partial charge is 0.480 e. The van der Waals surface area contributed by atoms with Crippen LogP contribution >= 0.6 is 0 Å². The minimum atomic E-state index is -1.06. The Bertz CT molecular complexity index is 592. The number of hydrogen-bond donors (Lipinski definition) is 2. The summed E-state index contributed by atoms with van der Waals surface area (Å²) in [6, 6.07) is 4.90. The summed E-state index contributed by atoms with van der Waals surface area (Å²) in [6.45, 7) is 0. The van der Waals surface area contributed by atoms with Gasteiger partial charge in [0.25, 0.3) is 0 Å². The van der Waals surface area contributed by atoms with Crippen LogP contribution < -0.4 is 5.73 Å². The quantitative estimate of drug-likeness (QED) is 0.868. The van der Waals surface area contributed by atoms with Crippen LogP contribution in [0.15, 0.2) is 30.5 Å². The number of aryl methyl sites for hydroxylation is 1. The van der Waals surface area contributed by atoms with E-state index in [1.54, 1.807) is 30.1 Å². The molecule has 1 unspecified atom stereocenters. The maximum atomic E-state index is 12.9. The van der Waals surface area contributed by atoms with Crippen molar-refractivity contribution in [3.8, 4) is 11.3 Å². The van der Waals surface area contributed by atoms with Gasteiger partial charge in [-0.25, -0.2) is 4.39 Å². The molecule has 0 radical (unpaired) electrons. The van der Waals surface area contributed by atoms with E-state index in [1.807, 2.05) is 0 Å². The average molecular weight is 263 g/mol. The van der Waals surface area contributed by atoms with Crippen molar-refractivity contribution in [2.75, 3.05) is 0 Å². The number of carboxylic acid groups (broad SMARTS) is 1. The zero-order valence-electron chi connectivity index (χ0n) is 10.4. The Morgan fingerprint density at radius 2 is 2.11 bits per heavy atom. The number of halogens is 1. The lowest BCUT2D eigenvalue weighted by atomic mass is 10.0. The number of rotatable bonds is 4. The van der Waals surface area contributed by atoms with E-state index in [0.29, 0.717) is 5.69 Å². The van der Waals surface area contributed by atoms with Crippen LogP contribution in [0.4, 0.5) is 4.39 Å². The molecular weight excluding hydrogens is 249 g/mol. The van der Waals surface area contributed by atoms with E-state index in [9.17, 15) is 9.18 Å². The number of carboxylic acids is 1. The van der Waals surface area contributed by atoms with Gasteiger partial charge in [-0.1, -0.05) is 0 Å². The second-order valence-electron chi connectivity index (χ2n) is 4.33. The third kappa shape index (κ3) is 2.97. The lowest BCUT2D eigenvalue weighted by Crippen LogP contribution is -2.32. The molecule has 0 bridgehead atoms. The minimum absolute atomic E-state index is 0.176. The molecule has 3 N–H and O–H groups in total. The highest BCUT2D eigenvalue weighted by atomic mass is 19.1. The van der Waals surface area contributed by atoms with Crippen LogP contribution in [-0.2, 0) is 18.3 Å². The number of carbonyl (C=O) groups is 1. The van der Waals surface area contributed by atoms with Crippen LogP contribution in [0.5, 0.6) is 0 Å². The van der Waals surface area contributed by atoms with Gasteiger partial charge in [-0.3, -0.25) is 9.48 Å². The van der Waals surface area contributed by atoms with Gasteiger partial charge in [0.1, 0.15) is 11.9 Å². The Hall–Kier alpha value is -2.21. The molecule has 0 saturated carbocycles. The Morgan fingerprint density at radius 1 is 1.47 bits per heavy atom. The Balaban J connectivity index is 2.35. The minimum Gasteiger partial charge on any atom is -0.480 e. The molecule has 1 aromatic heterocycles. The predicted octanol–water partition coefficient (Wildman–Crippen LogP) is 1.18. The average Bonchev–Trinajstić information content (AvgIpc) is 2.71. The van der Waals surface area contributed by atoms with Gasteiger partial charge in [-0.2, -0.15) is 5.10 Å². The molecule has 0 spiro atoms. The summed E-state index contributed by atoms with van der Waals surface area (Å²) in [4.78, 5) is 10.8. The van der Waals surface area contributed by atoms with E-state index in [0.717, 1.165) is 11.1 Å². The molecular formula is C13H14FN3O2. The van der Waals surface area contributed by atoms with Crippen molar-refractivity contribution in [1.82, 2.24) is 9.78 Å². The van der Waals surface area contributed by atoms with E-state index in [2.05, 4.69) is 5.10 Å². The zero-order valence-corrected chi connectivity index (χ0v) is 10.4. The normalized spacial score (nSPS) is 12.4. The summed E-state index contributed by atoms with van der Waals surface area (Å²) < 4.78 is 14.5. The zero-order chi connectivity index (χ0) is 14.0. The van der Waals surface area contributed by atoms with Gasteiger partial charge in [0.05, 0.1) is 5.69 Å². The fraction of sp³-hybridized carbons (Fsp3) is 0.231. The lowest BCUT2D eigenvalue weighted by Gasteiger charge is -2.06. The van der Waals surface area contributed by atoms with Gasteiger partial charge in [-0.15, -0.1) is 0 Å². The monoisotopic (exact) mass is 263 g/mol. The second-order valence-corrected chi connectivity index (χ2v) is 4.33. The van der Waals surface area contributed by atoms with Crippen molar-refractivity contribution in [2.45, 2.75) is 12.5 Å². The van der Waals surface area contributed by atoms with E-state index in [-0.39, 0.29) is 12.2 Å². The molecule has 6 heteroatoms. The molecule has 0 fully saturated rings. The van der Waals surface area contributed by atoms with Gasteiger partial charge in [0.2, 0.25) is 0 Å². The van der Waals surface area contributed by atoms with Crippen molar-refractivity contribution >= 4 is 5.97 Å². The van der Waals surface area contributed by atoms with Crippen molar-refractivity contribution in [3.05, 3.63) is 41.8 Å². The van der Waals surface area contributed by atoms with Gasteiger partial charge in [0, 0.05) is 30.8 Å². The number of nitrogens with two attached hydrogens (primary N) is 1. The molecule has 19 heavy (non-hydrogen) atoms. The van der Waals surface area contributed by atoms with E-state index >= 15 is 0 Å². The van der Waals surface area contributed by atoms with Gasteiger partial charge < -0.3 is 10.8 Å². The third-order valence-electron chi connectivity index (χ3n) is 2.78. The summed E-state index contributed by atoms with van der Waals surface area (Å²) in [5.41, 5.74) is 7.61. The second kappa shape index (κ2) is 5.19. The first-order chi connectivity index (χ1) is 8.97. The Kier molecular flexibility index (Phi) is 3.62. The number of benzene rings is 1. The van der Waals surface area contributed by atoms with Crippen LogP contribution in [0.1, 0.15) is 5.56 Å². The first-order valence-corrected chi connectivity index (χ1v) is 5.74. The fourth-order valence-corrected chi connectivity index (χ4v) is 1.86. The summed E-state index contributed by atoms with van der Waals surface area (Å²) in [7, 11) is 1.74. The number of hydrogen-bond acceptors (Lipinski definition) is 3. The molecule has 0 aliphatic heterocycles. The van der Waals surface area contributed by atoms with Crippen LogP contribution in [0.2, 0.25) is 0 Å². The third-order valence-corrected chi connectivity index (χ3v) is 2.78. The number of nitrogens with zero attached hydrogens (tertiary/aromatic N) is 2. The molecule has 0 saturated heterocycles. The standard InChI is InChI=1S/C13H14FN3O2/c1-17-7-9(6-11(15)13(18)19)12(16-17)8-2-4-10(14)5-3-8/h2-5,7,11H,6,15H2,1H3,(H,18,19). The predicted molar refractivity (Wildman–Crippen MR) is 67.9 cm³/mol. The number of aliphatic carboxylic acids is 1. The molecule has 1 aromatic carbocycles. The Labute approximate surface area is 109 Å². The molecule has 1 heterocycles. The number of aromatic nitrogens is 2. The van der Waals surface area contributed by atoms with Gasteiger partial charge in [0.15, 0.2) is 0 Å². The summed E-state index contributed by atoms with van der Waals surface area (Å²) >= 11 is 0. The first-order valence-electron chi connectivity index (χ1n) is 5.74. The SMILES string of the molecule is Cn1cc(CC(N)C(=O)O)c(-c2ccc(F)cc2)n1. The van der Waals surface area contributed by atoms with Crippen molar-refractivity contribution in [3.63, 3.8) is 0 Å². The summed E-state index contributed by atoms with van der Waals surface area (Å²) in [6.07, 6.45) is 1.90. The maximum absolute atomic E-state index is 12.9.